The van der Waals surface area contributed by atoms with Crippen molar-refractivity contribution in [2.24, 2.45) is 5.92 Å². The first-order valence-corrected chi connectivity index (χ1v) is 8.90. The predicted octanol–water partition coefficient (Wildman–Crippen LogP) is 2.26. The lowest BCUT2D eigenvalue weighted by Gasteiger charge is -2.47. The molecule has 1 saturated heterocycles. The number of urea groups is 1. The van der Waals surface area contributed by atoms with Crippen LogP contribution in [0.15, 0.2) is 0 Å². The van der Waals surface area contributed by atoms with E-state index in [1.807, 2.05) is 18.7 Å². The van der Waals surface area contributed by atoms with Crippen molar-refractivity contribution in [1.82, 2.24) is 15.1 Å². The highest BCUT2D eigenvalue weighted by Crippen LogP contribution is 2.34. The molecule has 3 atom stereocenters. The second-order valence-electron chi connectivity index (χ2n) is 6.66. The summed E-state index contributed by atoms with van der Waals surface area (Å²) in [6.07, 6.45) is 4.50. The van der Waals surface area contributed by atoms with Gasteiger partial charge in [0.25, 0.3) is 0 Å². The van der Waals surface area contributed by atoms with Crippen molar-refractivity contribution >= 4 is 11.8 Å². The van der Waals surface area contributed by atoms with Crippen LogP contribution in [0.5, 0.6) is 0 Å². The number of nitrogens with zero attached hydrogens (tertiary/aromatic N) is 2. The van der Waals surface area contributed by atoms with Crippen LogP contribution in [-0.2, 0) is 4.79 Å². The molecule has 1 saturated carbocycles. The van der Waals surface area contributed by atoms with E-state index in [-0.39, 0.29) is 12.1 Å². The van der Waals surface area contributed by atoms with Gasteiger partial charge in [0, 0.05) is 44.6 Å². The number of hydrogen-bond donors (Lipinski definition) is 1. The number of carbonyl (C=O) groups excluding carboxylic acids is 2. The molecule has 1 heterocycles. The maximum absolute atomic E-state index is 12.3. The molecule has 0 bridgehead atoms. The first kappa shape index (κ1) is 17.3. The smallest absolute Gasteiger partial charge is 0.317 e. The van der Waals surface area contributed by atoms with Gasteiger partial charge in [-0.2, -0.15) is 0 Å². The molecule has 3 unspecified atom stereocenters. The van der Waals surface area contributed by atoms with Crippen LogP contribution in [0.4, 0.5) is 4.79 Å². The molecule has 22 heavy (non-hydrogen) atoms. The Bertz CT molecular complexity index is 395. The van der Waals surface area contributed by atoms with E-state index >= 15 is 0 Å². The topological polar surface area (TPSA) is 52.7 Å². The summed E-state index contributed by atoms with van der Waals surface area (Å²) in [5.41, 5.74) is 0. The van der Waals surface area contributed by atoms with Gasteiger partial charge in [-0.3, -0.25) is 9.69 Å². The molecule has 1 N–H and O–H groups in total. The van der Waals surface area contributed by atoms with Crippen LogP contribution < -0.4 is 5.32 Å². The van der Waals surface area contributed by atoms with E-state index in [1.54, 1.807) is 0 Å². The van der Waals surface area contributed by atoms with Gasteiger partial charge in [-0.15, -0.1) is 0 Å². The Morgan fingerprint density at radius 1 is 1.32 bits per heavy atom. The number of nitrogens with one attached hydrogen (secondary N) is 1. The third kappa shape index (κ3) is 4.00. The Hall–Kier alpha value is -1.10. The molecule has 0 aromatic carbocycles. The van der Waals surface area contributed by atoms with Crippen molar-refractivity contribution in [2.75, 3.05) is 26.2 Å². The monoisotopic (exact) mass is 309 g/mol. The Kier molecular flexibility index (Phi) is 6.24. The van der Waals surface area contributed by atoms with Crippen LogP contribution >= 0.6 is 0 Å². The molecule has 126 valence electrons. The second-order valence-corrected chi connectivity index (χ2v) is 6.66. The zero-order valence-electron chi connectivity index (χ0n) is 14.3. The standard InChI is InChI=1S/C17H31N3O2/c1-4-9-20-12-14(18-17(22)19(5-2)6-3)10-13-11-15(21)7-8-16(13)20/h13-14,16H,4-12H2,1-3H3,(H,18,22). The van der Waals surface area contributed by atoms with Gasteiger partial charge in [-0.25, -0.2) is 4.79 Å². The van der Waals surface area contributed by atoms with E-state index in [9.17, 15) is 9.59 Å². The number of piperidine rings is 1. The molecule has 1 aliphatic carbocycles. The van der Waals surface area contributed by atoms with Crippen LogP contribution in [0.25, 0.3) is 0 Å². The zero-order chi connectivity index (χ0) is 16.1. The van der Waals surface area contributed by atoms with Gasteiger partial charge in [-0.05, 0) is 45.6 Å². The molecule has 2 aliphatic rings. The highest BCUT2D eigenvalue weighted by atomic mass is 16.2. The maximum Gasteiger partial charge on any atom is 0.317 e. The van der Waals surface area contributed by atoms with Crippen molar-refractivity contribution < 1.29 is 9.59 Å². The summed E-state index contributed by atoms with van der Waals surface area (Å²) < 4.78 is 0. The van der Waals surface area contributed by atoms with Crippen LogP contribution in [-0.4, -0.2) is 59.9 Å². The molecule has 1 aliphatic heterocycles. The largest absolute Gasteiger partial charge is 0.334 e. The van der Waals surface area contributed by atoms with E-state index in [1.165, 1.54) is 0 Å². The summed E-state index contributed by atoms with van der Waals surface area (Å²) in [6.45, 7) is 9.66. The zero-order valence-corrected chi connectivity index (χ0v) is 14.3. The van der Waals surface area contributed by atoms with Crippen molar-refractivity contribution in [3.63, 3.8) is 0 Å². The lowest BCUT2D eigenvalue weighted by Crippen LogP contribution is -2.58. The van der Waals surface area contributed by atoms with Gasteiger partial charge in [0.2, 0.25) is 0 Å². The average molecular weight is 309 g/mol. The van der Waals surface area contributed by atoms with Crippen LogP contribution in [0.3, 0.4) is 0 Å². The molecule has 5 heteroatoms. The number of likely N-dealkylation sites (tertiary alicyclic amines) is 1. The van der Waals surface area contributed by atoms with E-state index in [0.29, 0.717) is 24.2 Å². The fourth-order valence-electron chi connectivity index (χ4n) is 4.08. The van der Waals surface area contributed by atoms with Crippen LogP contribution in [0.1, 0.15) is 52.9 Å². The van der Waals surface area contributed by atoms with Gasteiger partial charge >= 0.3 is 6.03 Å². The number of ketones is 1. The minimum atomic E-state index is 0.0343. The summed E-state index contributed by atoms with van der Waals surface area (Å²) in [5, 5.41) is 3.19. The number of fused-ring (bicyclic) bond motifs is 1. The number of hydrogen-bond acceptors (Lipinski definition) is 3. The van der Waals surface area contributed by atoms with Gasteiger partial charge < -0.3 is 10.2 Å². The summed E-state index contributed by atoms with van der Waals surface area (Å²) in [4.78, 5) is 28.4. The van der Waals surface area contributed by atoms with Crippen LogP contribution in [0, 0.1) is 5.92 Å². The Balaban J connectivity index is 2.00. The lowest BCUT2D eigenvalue weighted by molar-refractivity contribution is -0.124. The Labute approximate surface area is 134 Å². The van der Waals surface area contributed by atoms with E-state index in [4.69, 9.17) is 0 Å². The molecular weight excluding hydrogens is 278 g/mol. The first-order valence-electron chi connectivity index (χ1n) is 8.90. The summed E-state index contributed by atoms with van der Waals surface area (Å²) in [7, 11) is 0. The summed E-state index contributed by atoms with van der Waals surface area (Å²) in [6, 6.07) is 0.748. The quantitative estimate of drug-likeness (QED) is 0.847. The molecule has 2 rings (SSSR count). The van der Waals surface area contributed by atoms with E-state index in [0.717, 1.165) is 51.9 Å². The number of rotatable bonds is 5. The normalized spacial score (nSPS) is 29.0. The third-order valence-electron chi connectivity index (χ3n) is 5.15. The maximum atomic E-state index is 12.3. The highest BCUT2D eigenvalue weighted by Gasteiger charge is 2.39. The Morgan fingerprint density at radius 2 is 2.05 bits per heavy atom. The van der Waals surface area contributed by atoms with Gasteiger partial charge in [0.05, 0.1) is 0 Å². The highest BCUT2D eigenvalue weighted by molar-refractivity contribution is 5.79. The molecule has 0 spiro atoms. The third-order valence-corrected chi connectivity index (χ3v) is 5.15. The number of carbonyl (C=O) groups is 2. The summed E-state index contributed by atoms with van der Waals surface area (Å²) >= 11 is 0. The molecule has 0 aromatic heterocycles. The minimum Gasteiger partial charge on any atom is -0.334 e. The molecule has 2 fully saturated rings. The molecular formula is C17H31N3O2. The predicted molar refractivity (Wildman–Crippen MR) is 87.9 cm³/mol. The van der Waals surface area contributed by atoms with Crippen molar-refractivity contribution in [1.29, 1.82) is 0 Å². The average Bonchev–Trinajstić information content (AvgIpc) is 2.48. The number of Topliss-reactive ketones (excluding diaryl/α,β-unsaturated/α-hetero) is 1. The van der Waals surface area contributed by atoms with Crippen LogP contribution in [0.2, 0.25) is 0 Å². The van der Waals surface area contributed by atoms with Crippen molar-refractivity contribution in [3.05, 3.63) is 0 Å². The number of amides is 2. The minimum absolute atomic E-state index is 0.0343. The summed E-state index contributed by atoms with van der Waals surface area (Å²) in [5.74, 6) is 0.817. The molecule has 2 amide bonds. The molecule has 0 radical (unpaired) electrons. The van der Waals surface area contributed by atoms with Gasteiger partial charge in [0.15, 0.2) is 0 Å². The molecule has 5 nitrogen and oxygen atoms in total. The fourth-order valence-corrected chi connectivity index (χ4v) is 4.08. The fraction of sp³-hybridized carbons (Fsp3) is 0.882. The SMILES string of the molecule is CCCN1CC(NC(=O)N(CC)CC)CC2CC(=O)CCC21. The first-order chi connectivity index (χ1) is 10.6. The van der Waals surface area contributed by atoms with E-state index in [2.05, 4.69) is 17.1 Å². The van der Waals surface area contributed by atoms with Crippen molar-refractivity contribution in [2.45, 2.75) is 65.0 Å². The lowest BCUT2D eigenvalue weighted by atomic mass is 9.76. The van der Waals surface area contributed by atoms with E-state index < -0.39 is 0 Å². The second kappa shape index (κ2) is 7.95. The van der Waals surface area contributed by atoms with Crippen molar-refractivity contribution in [3.8, 4) is 0 Å². The van der Waals surface area contributed by atoms with Gasteiger partial charge in [-0.1, -0.05) is 6.92 Å². The molecule has 0 aromatic rings. The Morgan fingerprint density at radius 3 is 2.68 bits per heavy atom. The van der Waals surface area contributed by atoms with Gasteiger partial charge in [0.1, 0.15) is 5.78 Å².